The number of para-hydroxylation sites is 1. The van der Waals surface area contributed by atoms with Crippen LogP contribution in [0, 0.1) is 24.2 Å². The van der Waals surface area contributed by atoms with Crippen molar-refractivity contribution in [1.82, 2.24) is 9.88 Å². The van der Waals surface area contributed by atoms with Crippen molar-refractivity contribution in [2.75, 3.05) is 5.32 Å². The average molecular weight is 477 g/mol. The maximum atomic E-state index is 13.9. The summed E-state index contributed by atoms with van der Waals surface area (Å²) in [6.07, 6.45) is 0.514. The standard InChI is InChI=1S/C30H28N4O2/c1-18(2)16-26(29(35)33-21-14-12-20(17-31)13-15-21)34-28(22-8-4-5-9-23(22)30(34)36)27-19(3)32-25-11-7-6-10-24(25)27/h4-15,18,26,28,32H,16H2,1-3H3,(H,33,35). The Hall–Kier alpha value is -4.37. The number of fused-ring (bicyclic) bond motifs is 2. The Morgan fingerprint density at radius 3 is 2.47 bits per heavy atom. The lowest BCUT2D eigenvalue weighted by Crippen LogP contribution is -2.47. The number of H-pyrrole nitrogens is 1. The largest absolute Gasteiger partial charge is 0.358 e. The zero-order valence-electron chi connectivity index (χ0n) is 20.6. The van der Waals surface area contributed by atoms with Crippen LogP contribution in [-0.2, 0) is 4.79 Å². The molecule has 6 nitrogen and oxygen atoms in total. The van der Waals surface area contributed by atoms with Crippen LogP contribution < -0.4 is 5.32 Å². The summed E-state index contributed by atoms with van der Waals surface area (Å²) in [4.78, 5) is 32.9. The molecule has 180 valence electrons. The molecule has 1 aliphatic rings. The monoisotopic (exact) mass is 476 g/mol. The van der Waals surface area contributed by atoms with Crippen molar-refractivity contribution in [3.05, 3.63) is 101 Å². The van der Waals surface area contributed by atoms with Crippen molar-refractivity contribution in [3.8, 4) is 6.07 Å². The Morgan fingerprint density at radius 1 is 1.06 bits per heavy atom. The minimum atomic E-state index is -0.682. The van der Waals surface area contributed by atoms with Crippen LogP contribution in [0.15, 0.2) is 72.8 Å². The number of carbonyl (C=O) groups is 2. The minimum Gasteiger partial charge on any atom is -0.358 e. The fourth-order valence-electron chi connectivity index (χ4n) is 5.25. The maximum Gasteiger partial charge on any atom is 0.255 e. The fraction of sp³-hybridized carbons (Fsp3) is 0.233. The van der Waals surface area contributed by atoms with Crippen molar-refractivity contribution >= 4 is 28.4 Å². The van der Waals surface area contributed by atoms with Crippen LogP contribution >= 0.6 is 0 Å². The van der Waals surface area contributed by atoms with E-state index in [-0.39, 0.29) is 23.8 Å². The number of benzene rings is 3. The maximum absolute atomic E-state index is 13.9. The molecule has 1 aliphatic heterocycles. The van der Waals surface area contributed by atoms with E-state index < -0.39 is 6.04 Å². The molecule has 2 N–H and O–H groups in total. The molecular formula is C30H28N4O2. The quantitative estimate of drug-likeness (QED) is 0.361. The molecule has 3 aromatic carbocycles. The Kier molecular flexibility index (Phi) is 6.07. The van der Waals surface area contributed by atoms with Crippen LogP contribution in [0.1, 0.15) is 59.1 Å². The van der Waals surface area contributed by atoms with Gasteiger partial charge in [-0.25, -0.2) is 0 Å². The summed E-state index contributed by atoms with van der Waals surface area (Å²) in [6.45, 7) is 6.14. The van der Waals surface area contributed by atoms with Gasteiger partial charge in [0.15, 0.2) is 0 Å². The number of aromatic nitrogens is 1. The number of hydrogen-bond acceptors (Lipinski definition) is 3. The van der Waals surface area contributed by atoms with E-state index in [4.69, 9.17) is 5.26 Å². The number of aromatic amines is 1. The van der Waals surface area contributed by atoms with E-state index >= 15 is 0 Å². The van der Waals surface area contributed by atoms with Gasteiger partial charge in [0.05, 0.1) is 17.7 Å². The second-order valence-corrected chi connectivity index (χ2v) is 9.74. The van der Waals surface area contributed by atoms with Gasteiger partial charge in [0.1, 0.15) is 6.04 Å². The summed E-state index contributed by atoms with van der Waals surface area (Å²) in [5, 5.41) is 13.1. The third-order valence-electron chi connectivity index (χ3n) is 6.83. The molecule has 0 saturated heterocycles. The lowest BCUT2D eigenvalue weighted by atomic mass is 9.93. The zero-order chi connectivity index (χ0) is 25.4. The zero-order valence-corrected chi connectivity index (χ0v) is 20.6. The van der Waals surface area contributed by atoms with Gasteiger partial charge in [-0.1, -0.05) is 50.2 Å². The van der Waals surface area contributed by atoms with E-state index in [1.807, 2.05) is 49.4 Å². The van der Waals surface area contributed by atoms with E-state index in [0.717, 1.165) is 27.7 Å². The van der Waals surface area contributed by atoms with E-state index in [1.54, 1.807) is 29.2 Å². The van der Waals surface area contributed by atoms with E-state index in [1.165, 1.54) is 0 Å². The molecule has 5 rings (SSSR count). The van der Waals surface area contributed by atoms with Crippen molar-refractivity contribution in [2.24, 2.45) is 5.92 Å². The molecule has 2 atom stereocenters. The molecule has 2 unspecified atom stereocenters. The van der Waals surface area contributed by atoms with Gasteiger partial charge in [0, 0.05) is 33.4 Å². The highest BCUT2D eigenvalue weighted by atomic mass is 16.2. The van der Waals surface area contributed by atoms with Crippen LogP contribution in [-0.4, -0.2) is 27.7 Å². The molecule has 4 aromatic rings. The molecule has 0 saturated carbocycles. The number of nitrogens with zero attached hydrogens (tertiary/aromatic N) is 2. The SMILES string of the molecule is Cc1[nH]c2ccccc2c1C1c2ccccc2C(=O)N1C(CC(C)C)C(=O)Nc1ccc(C#N)cc1. The van der Waals surface area contributed by atoms with Crippen LogP contribution in [0.5, 0.6) is 0 Å². The molecule has 0 bridgehead atoms. The normalized spacial score (nSPS) is 15.7. The van der Waals surface area contributed by atoms with Crippen molar-refractivity contribution in [3.63, 3.8) is 0 Å². The first kappa shape index (κ1) is 23.4. The van der Waals surface area contributed by atoms with Gasteiger partial charge in [0.25, 0.3) is 5.91 Å². The first-order chi connectivity index (χ1) is 17.4. The lowest BCUT2D eigenvalue weighted by molar-refractivity contribution is -0.121. The van der Waals surface area contributed by atoms with Crippen molar-refractivity contribution in [1.29, 1.82) is 5.26 Å². The summed E-state index contributed by atoms with van der Waals surface area (Å²) in [7, 11) is 0. The first-order valence-corrected chi connectivity index (χ1v) is 12.2. The Morgan fingerprint density at radius 2 is 1.75 bits per heavy atom. The Labute approximate surface area is 210 Å². The molecule has 2 amide bonds. The summed E-state index contributed by atoms with van der Waals surface area (Å²) >= 11 is 0. The average Bonchev–Trinajstić information content (AvgIpc) is 3.35. The summed E-state index contributed by atoms with van der Waals surface area (Å²) in [5.41, 5.74) is 5.66. The van der Waals surface area contributed by atoms with E-state index in [2.05, 4.69) is 36.3 Å². The highest BCUT2D eigenvalue weighted by molar-refractivity contribution is 6.05. The molecule has 0 spiro atoms. The first-order valence-electron chi connectivity index (χ1n) is 12.2. The summed E-state index contributed by atoms with van der Waals surface area (Å²) in [6, 6.07) is 23.5. The van der Waals surface area contributed by atoms with Gasteiger partial charge >= 0.3 is 0 Å². The number of aryl methyl sites for hydroxylation is 1. The Bertz CT molecular complexity index is 1490. The van der Waals surface area contributed by atoms with Gasteiger partial charge in [-0.3, -0.25) is 9.59 Å². The predicted molar refractivity (Wildman–Crippen MR) is 141 cm³/mol. The third-order valence-corrected chi connectivity index (χ3v) is 6.83. The third kappa shape index (κ3) is 4.03. The second kappa shape index (κ2) is 9.35. The van der Waals surface area contributed by atoms with E-state index in [0.29, 0.717) is 23.2 Å². The molecule has 0 radical (unpaired) electrons. The number of nitrogens with one attached hydrogen (secondary N) is 2. The van der Waals surface area contributed by atoms with Crippen LogP contribution in [0.3, 0.4) is 0 Å². The van der Waals surface area contributed by atoms with Gasteiger partial charge in [-0.2, -0.15) is 5.26 Å². The fourth-order valence-corrected chi connectivity index (χ4v) is 5.25. The number of carbonyl (C=O) groups excluding carboxylic acids is 2. The predicted octanol–water partition coefficient (Wildman–Crippen LogP) is 5.95. The van der Waals surface area contributed by atoms with Gasteiger partial charge in [-0.15, -0.1) is 0 Å². The van der Waals surface area contributed by atoms with Gasteiger partial charge in [0.2, 0.25) is 5.91 Å². The summed E-state index contributed by atoms with van der Waals surface area (Å²) in [5.74, 6) is -0.194. The molecule has 0 fully saturated rings. The Balaban J connectivity index is 1.62. The van der Waals surface area contributed by atoms with Crippen molar-refractivity contribution in [2.45, 2.75) is 39.3 Å². The minimum absolute atomic E-state index is 0.138. The van der Waals surface area contributed by atoms with E-state index in [9.17, 15) is 9.59 Å². The van der Waals surface area contributed by atoms with Crippen LogP contribution in [0.25, 0.3) is 10.9 Å². The summed E-state index contributed by atoms with van der Waals surface area (Å²) < 4.78 is 0. The van der Waals surface area contributed by atoms with Crippen LogP contribution in [0.2, 0.25) is 0 Å². The van der Waals surface area contributed by atoms with Crippen molar-refractivity contribution < 1.29 is 9.59 Å². The van der Waals surface area contributed by atoms with Gasteiger partial charge in [-0.05, 0) is 61.2 Å². The second-order valence-electron chi connectivity index (χ2n) is 9.74. The number of rotatable bonds is 6. The number of nitriles is 1. The molecule has 36 heavy (non-hydrogen) atoms. The van der Waals surface area contributed by atoms with Crippen LogP contribution in [0.4, 0.5) is 5.69 Å². The lowest BCUT2D eigenvalue weighted by Gasteiger charge is -2.34. The number of anilines is 1. The molecule has 2 heterocycles. The smallest absolute Gasteiger partial charge is 0.255 e. The van der Waals surface area contributed by atoms with Gasteiger partial charge < -0.3 is 15.2 Å². The highest BCUT2D eigenvalue weighted by Crippen LogP contribution is 2.44. The molecule has 6 heteroatoms. The topological polar surface area (TPSA) is 89.0 Å². The number of amides is 2. The molecule has 0 aliphatic carbocycles. The molecule has 1 aromatic heterocycles. The highest BCUT2D eigenvalue weighted by Gasteiger charge is 2.45. The number of hydrogen-bond donors (Lipinski definition) is 2. The molecular weight excluding hydrogens is 448 g/mol.